The molecule has 120 valence electrons. The molecule has 0 fully saturated rings. The highest BCUT2D eigenvalue weighted by atomic mass is 32.2. The quantitative estimate of drug-likeness (QED) is 0.878. The molecule has 2 aromatic rings. The van der Waals surface area contributed by atoms with Crippen LogP contribution in [0.2, 0.25) is 0 Å². The van der Waals surface area contributed by atoms with E-state index in [0.717, 1.165) is 22.0 Å². The van der Waals surface area contributed by atoms with Gasteiger partial charge in [0.1, 0.15) is 10.8 Å². The molecule has 22 heavy (non-hydrogen) atoms. The van der Waals surface area contributed by atoms with E-state index in [1.165, 1.54) is 11.3 Å². The number of nitrogens with zero attached hydrogens (tertiary/aromatic N) is 1. The third kappa shape index (κ3) is 3.85. The van der Waals surface area contributed by atoms with Crippen LogP contribution in [0.1, 0.15) is 28.8 Å². The maximum atomic E-state index is 12.5. The maximum absolute atomic E-state index is 12.5. The average Bonchev–Trinajstić information content (AvgIpc) is 2.86. The van der Waals surface area contributed by atoms with Gasteiger partial charge in [0.2, 0.25) is 10.0 Å². The van der Waals surface area contributed by atoms with E-state index in [0.29, 0.717) is 12.2 Å². The van der Waals surface area contributed by atoms with Crippen molar-refractivity contribution in [1.82, 2.24) is 9.71 Å². The van der Waals surface area contributed by atoms with Gasteiger partial charge in [-0.1, -0.05) is 0 Å². The number of hydrogen-bond donors (Lipinski definition) is 1. The first kappa shape index (κ1) is 16.9. The second-order valence-corrected chi connectivity index (χ2v) is 7.70. The van der Waals surface area contributed by atoms with Gasteiger partial charge in [0.25, 0.3) is 0 Å². The molecule has 7 heteroatoms. The number of ether oxygens (including phenoxy) is 1. The zero-order valence-corrected chi connectivity index (χ0v) is 14.8. The molecule has 1 heterocycles. The number of thiazole rings is 1. The van der Waals surface area contributed by atoms with E-state index in [9.17, 15) is 8.42 Å². The molecule has 1 aromatic carbocycles. The van der Waals surface area contributed by atoms with Crippen molar-refractivity contribution < 1.29 is 13.2 Å². The summed E-state index contributed by atoms with van der Waals surface area (Å²) in [6.07, 6.45) is 0. The lowest BCUT2D eigenvalue weighted by molar-refractivity contribution is 0.337. The standard InChI is InChI=1S/C15H20N2O3S2/c1-5-20-13-6-11(3)14(7-10(13)2)22(18,19)16-8-15-17-12(4)9-21-15/h6-7,9,16H,5,8H2,1-4H3. The summed E-state index contributed by atoms with van der Waals surface area (Å²) in [5, 5.41) is 2.65. The van der Waals surface area contributed by atoms with Gasteiger partial charge in [-0.2, -0.15) is 0 Å². The van der Waals surface area contributed by atoms with Gasteiger partial charge >= 0.3 is 0 Å². The van der Waals surface area contributed by atoms with Crippen LogP contribution in [0.25, 0.3) is 0 Å². The Morgan fingerprint density at radius 3 is 2.55 bits per heavy atom. The predicted molar refractivity (Wildman–Crippen MR) is 88.0 cm³/mol. The van der Waals surface area contributed by atoms with Gasteiger partial charge in [-0.15, -0.1) is 11.3 Å². The molecule has 0 radical (unpaired) electrons. The molecule has 2 rings (SSSR count). The molecule has 0 aliphatic carbocycles. The summed E-state index contributed by atoms with van der Waals surface area (Å²) >= 11 is 1.44. The molecule has 0 amide bonds. The van der Waals surface area contributed by atoms with E-state index in [2.05, 4.69) is 9.71 Å². The van der Waals surface area contributed by atoms with Crippen LogP contribution in [0.5, 0.6) is 5.75 Å². The Labute approximate surface area is 135 Å². The van der Waals surface area contributed by atoms with E-state index in [1.54, 1.807) is 19.1 Å². The Morgan fingerprint density at radius 2 is 1.95 bits per heavy atom. The molecule has 0 aliphatic rings. The minimum absolute atomic E-state index is 0.201. The lowest BCUT2D eigenvalue weighted by Crippen LogP contribution is -2.24. The Morgan fingerprint density at radius 1 is 1.23 bits per heavy atom. The fraction of sp³-hybridized carbons (Fsp3) is 0.400. The molecule has 0 unspecified atom stereocenters. The average molecular weight is 340 g/mol. The van der Waals surface area contributed by atoms with Crippen molar-refractivity contribution in [1.29, 1.82) is 0 Å². The lowest BCUT2D eigenvalue weighted by Gasteiger charge is -2.13. The van der Waals surface area contributed by atoms with Crippen LogP contribution in [-0.2, 0) is 16.6 Å². The summed E-state index contributed by atoms with van der Waals surface area (Å²) in [5.41, 5.74) is 2.36. The summed E-state index contributed by atoms with van der Waals surface area (Å²) in [7, 11) is -3.57. The van der Waals surface area contributed by atoms with Crippen molar-refractivity contribution in [3.05, 3.63) is 39.3 Å². The van der Waals surface area contributed by atoms with E-state index in [1.807, 2.05) is 26.2 Å². The van der Waals surface area contributed by atoms with Crippen molar-refractivity contribution >= 4 is 21.4 Å². The second kappa shape index (κ2) is 6.76. The van der Waals surface area contributed by atoms with E-state index in [-0.39, 0.29) is 11.4 Å². The highest BCUT2D eigenvalue weighted by molar-refractivity contribution is 7.89. The first-order chi connectivity index (χ1) is 10.3. The summed E-state index contributed by atoms with van der Waals surface area (Å²) < 4.78 is 33.1. The molecule has 0 bridgehead atoms. The fourth-order valence-corrected chi connectivity index (χ4v) is 4.18. The molecular formula is C15H20N2O3S2. The normalized spacial score (nSPS) is 11.6. The lowest BCUT2D eigenvalue weighted by atomic mass is 10.1. The first-order valence-corrected chi connectivity index (χ1v) is 9.34. The van der Waals surface area contributed by atoms with Crippen molar-refractivity contribution in [3.63, 3.8) is 0 Å². The second-order valence-electron chi connectivity index (χ2n) is 5.02. The third-order valence-electron chi connectivity index (χ3n) is 3.14. The topological polar surface area (TPSA) is 68.3 Å². The zero-order valence-electron chi connectivity index (χ0n) is 13.1. The van der Waals surface area contributed by atoms with E-state index < -0.39 is 10.0 Å². The number of sulfonamides is 1. The third-order valence-corrected chi connectivity index (χ3v) is 5.65. The summed E-state index contributed by atoms with van der Waals surface area (Å²) in [6.45, 7) is 8.14. The SMILES string of the molecule is CCOc1cc(C)c(S(=O)(=O)NCc2nc(C)cs2)cc1C. The van der Waals surface area contributed by atoms with Gasteiger partial charge in [-0.05, 0) is 51.0 Å². The van der Waals surface area contributed by atoms with Crippen LogP contribution >= 0.6 is 11.3 Å². The van der Waals surface area contributed by atoms with E-state index in [4.69, 9.17) is 4.74 Å². The largest absolute Gasteiger partial charge is 0.494 e. The molecule has 0 saturated heterocycles. The van der Waals surface area contributed by atoms with Crippen molar-refractivity contribution in [2.24, 2.45) is 0 Å². The van der Waals surface area contributed by atoms with Gasteiger partial charge in [0.05, 0.1) is 18.0 Å². The zero-order chi connectivity index (χ0) is 16.3. The Hall–Kier alpha value is -1.44. The Kier molecular flexibility index (Phi) is 5.20. The van der Waals surface area contributed by atoms with Crippen LogP contribution < -0.4 is 9.46 Å². The summed E-state index contributed by atoms with van der Waals surface area (Å²) in [4.78, 5) is 4.54. The molecule has 5 nitrogen and oxygen atoms in total. The van der Waals surface area contributed by atoms with Crippen LogP contribution in [0.3, 0.4) is 0 Å². The first-order valence-electron chi connectivity index (χ1n) is 6.98. The fourth-order valence-electron chi connectivity index (χ4n) is 2.08. The van der Waals surface area contributed by atoms with Crippen molar-refractivity contribution in [2.45, 2.75) is 39.1 Å². The highest BCUT2D eigenvalue weighted by Gasteiger charge is 2.19. The highest BCUT2D eigenvalue weighted by Crippen LogP contribution is 2.26. The van der Waals surface area contributed by atoms with E-state index >= 15 is 0 Å². The van der Waals surface area contributed by atoms with Crippen LogP contribution in [0.15, 0.2) is 22.4 Å². The Balaban J connectivity index is 2.23. The molecular weight excluding hydrogens is 320 g/mol. The molecule has 0 spiro atoms. The van der Waals surface area contributed by atoms with Gasteiger partial charge < -0.3 is 4.74 Å². The van der Waals surface area contributed by atoms with Crippen molar-refractivity contribution in [3.8, 4) is 5.75 Å². The number of aromatic nitrogens is 1. The predicted octanol–water partition coefficient (Wildman–Crippen LogP) is 2.95. The van der Waals surface area contributed by atoms with Crippen LogP contribution in [0, 0.1) is 20.8 Å². The van der Waals surface area contributed by atoms with Gasteiger partial charge in [-0.3, -0.25) is 0 Å². The number of benzene rings is 1. The van der Waals surface area contributed by atoms with Gasteiger partial charge in [0.15, 0.2) is 0 Å². The molecule has 0 saturated carbocycles. The van der Waals surface area contributed by atoms with Crippen LogP contribution in [0.4, 0.5) is 0 Å². The maximum Gasteiger partial charge on any atom is 0.241 e. The molecule has 0 atom stereocenters. The van der Waals surface area contributed by atoms with Gasteiger partial charge in [-0.25, -0.2) is 18.1 Å². The minimum atomic E-state index is -3.57. The molecule has 1 N–H and O–H groups in total. The summed E-state index contributed by atoms with van der Waals surface area (Å²) in [6, 6.07) is 3.41. The van der Waals surface area contributed by atoms with Crippen LogP contribution in [-0.4, -0.2) is 20.0 Å². The molecule has 1 aromatic heterocycles. The van der Waals surface area contributed by atoms with Gasteiger partial charge in [0, 0.05) is 11.1 Å². The number of hydrogen-bond acceptors (Lipinski definition) is 5. The monoisotopic (exact) mass is 340 g/mol. The Bertz CT molecular complexity index is 767. The summed E-state index contributed by atoms with van der Waals surface area (Å²) in [5.74, 6) is 0.717. The number of rotatable bonds is 6. The minimum Gasteiger partial charge on any atom is -0.494 e. The van der Waals surface area contributed by atoms with Crippen molar-refractivity contribution in [2.75, 3.05) is 6.61 Å². The molecule has 0 aliphatic heterocycles. The number of aryl methyl sites for hydroxylation is 3. The number of nitrogens with one attached hydrogen (secondary N) is 1. The smallest absolute Gasteiger partial charge is 0.241 e.